The molecule has 0 saturated carbocycles. The minimum atomic E-state index is -1.31. The lowest BCUT2D eigenvalue weighted by molar-refractivity contribution is 0.407. The summed E-state index contributed by atoms with van der Waals surface area (Å²) in [6.07, 6.45) is 1.43. The van der Waals surface area contributed by atoms with Gasteiger partial charge < -0.3 is 15.5 Å². The van der Waals surface area contributed by atoms with Crippen LogP contribution in [0.5, 0.6) is 11.5 Å². The lowest BCUT2D eigenvalue weighted by Crippen LogP contribution is -1.98. The van der Waals surface area contributed by atoms with Crippen molar-refractivity contribution >= 4 is 44.5 Å². The highest BCUT2D eigenvalue weighted by Crippen LogP contribution is 2.29. The zero-order valence-electron chi connectivity index (χ0n) is 12.4. The summed E-state index contributed by atoms with van der Waals surface area (Å²) in [5.74, 6) is -3.04. The zero-order chi connectivity index (χ0) is 17.3. The number of hydrogen-bond donors (Lipinski definition) is 3. The molecule has 25 heavy (non-hydrogen) atoms. The molecule has 0 saturated heterocycles. The van der Waals surface area contributed by atoms with Gasteiger partial charge in [-0.3, -0.25) is 0 Å². The zero-order valence-corrected chi connectivity index (χ0v) is 15.7. The topological polar surface area (TPSA) is 78.3 Å². The van der Waals surface area contributed by atoms with Gasteiger partial charge in [0.1, 0.15) is 5.75 Å². The van der Waals surface area contributed by atoms with E-state index in [2.05, 4.69) is 31.2 Å². The summed E-state index contributed by atoms with van der Waals surface area (Å²) in [4.78, 5) is 8.22. The van der Waals surface area contributed by atoms with Crippen molar-refractivity contribution in [2.45, 2.75) is 0 Å². The molecule has 0 amide bonds. The Morgan fingerprint density at radius 2 is 1.76 bits per heavy atom. The van der Waals surface area contributed by atoms with Crippen LogP contribution in [-0.2, 0) is 0 Å². The maximum absolute atomic E-state index is 13.4. The first-order valence-corrected chi connectivity index (χ1v) is 7.50. The second-order valence-corrected chi connectivity index (χ2v) is 5.70. The second kappa shape index (κ2) is 7.75. The molecule has 2 aromatic carbocycles. The van der Waals surface area contributed by atoms with Crippen molar-refractivity contribution in [3.8, 4) is 22.8 Å². The van der Waals surface area contributed by atoms with E-state index in [9.17, 15) is 19.0 Å². The first-order chi connectivity index (χ1) is 11.4. The summed E-state index contributed by atoms with van der Waals surface area (Å²) in [6, 6.07) is 8.33. The number of aromatic hydroxyl groups is 2. The summed E-state index contributed by atoms with van der Waals surface area (Å²) in [5.41, 5.74) is 1.04. The van der Waals surface area contributed by atoms with Crippen LogP contribution < -0.4 is 5.32 Å². The Kier molecular flexibility index (Phi) is 5.91. The van der Waals surface area contributed by atoms with Crippen molar-refractivity contribution in [2.24, 2.45) is 0 Å². The maximum atomic E-state index is 13.4. The molecular formula is C16H11Br2F2N3O2. The third kappa shape index (κ3) is 4.23. The van der Waals surface area contributed by atoms with Gasteiger partial charge in [-0.25, -0.2) is 14.4 Å². The number of phenols is 2. The van der Waals surface area contributed by atoms with E-state index < -0.39 is 17.4 Å². The third-order valence-corrected chi connectivity index (χ3v) is 3.83. The molecule has 0 unspecified atom stereocenters. The molecule has 3 N–H and O–H groups in total. The molecule has 0 bridgehead atoms. The fourth-order valence-electron chi connectivity index (χ4n) is 2.02. The van der Waals surface area contributed by atoms with Crippen LogP contribution in [0.3, 0.4) is 0 Å². The van der Waals surface area contributed by atoms with Crippen molar-refractivity contribution in [1.29, 1.82) is 0 Å². The Labute approximate surface area is 160 Å². The minimum absolute atomic E-state index is 0. The first-order valence-electron chi connectivity index (χ1n) is 6.71. The van der Waals surface area contributed by atoms with E-state index >= 15 is 0 Å². The molecule has 1 aromatic heterocycles. The fourth-order valence-corrected chi connectivity index (χ4v) is 2.27. The van der Waals surface area contributed by atoms with Gasteiger partial charge in [0.15, 0.2) is 17.4 Å². The van der Waals surface area contributed by atoms with Crippen LogP contribution in [0, 0.1) is 11.6 Å². The Morgan fingerprint density at radius 3 is 2.44 bits per heavy atom. The average Bonchev–Trinajstić information content (AvgIpc) is 2.56. The highest BCUT2D eigenvalue weighted by molar-refractivity contribution is 9.10. The van der Waals surface area contributed by atoms with Crippen molar-refractivity contribution in [1.82, 2.24) is 9.97 Å². The van der Waals surface area contributed by atoms with E-state index in [1.807, 2.05) is 0 Å². The summed E-state index contributed by atoms with van der Waals surface area (Å²) < 4.78 is 27.1. The van der Waals surface area contributed by atoms with Crippen LogP contribution >= 0.6 is 32.9 Å². The smallest absolute Gasteiger partial charge is 0.227 e. The van der Waals surface area contributed by atoms with Crippen LogP contribution in [0.1, 0.15) is 0 Å². The molecule has 0 aliphatic rings. The van der Waals surface area contributed by atoms with Gasteiger partial charge in [-0.05, 0) is 46.3 Å². The molecule has 1 heterocycles. The number of rotatable bonds is 3. The van der Waals surface area contributed by atoms with E-state index in [-0.39, 0.29) is 34.2 Å². The van der Waals surface area contributed by atoms with E-state index in [1.54, 1.807) is 12.1 Å². The van der Waals surface area contributed by atoms with E-state index in [0.717, 1.165) is 12.1 Å². The standard InChI is InChI=1S/C16H10BrF2N3O2.BrH/c17-10-2-1-9(7-13(10)23)21-16-20-4-3-12(22-16)8-5-11(18)15(19)14(24)6-8;/h1-7,23-24H,(H,20,21,22);1H. The quantitative estimate of drug-likeness (QED) is 0.502. The molecule has 0 atom stereocenters. The largest absolute Gasteiger partial charge is 0.507 e. The Bertz CT molecular complexity index is 903. The van der Waals surface area contributed by atoms with E-state index in [4.69, 9.17) is 0 Å². The fraction of sp³-hybridized carbons (Fsp3) is 0. The van der Waals surface area contributed by atoms with Crippen LogP contribution in [0.4, 0.5) is 20.4 Å². The molecule has 0 aliphatic heterocycles. The number of phenolic OH excluding ortho intramolecular Hbond substituents is 2. The number of aromatic nitrogens is 2. The molecular weight excluding hydrogens is 464 g/mol. The SMILES string of the molecule is Br.Oc1cc(Nc2nccc(-c3cc(O)c(F)c(F)c3)n2)ccc1Br. The lowest BCUT2D eigenvalue weighted by Gasteiger charge is -2.08. The summed E-state index contributed by atoms with van der Waals surface area (Å²) in [5, 5.41) is 22.0. The van der Waals surface area contributed by atoms with Crippen LogP contribution in [0.15, 0.2) is 47.1 Å². The van der Waals surface area contributed by atoms with E-state index in [0.29, 0.717) is 15.9 Å². The molecule has 5 nitrogen and oxygen atoms in total. The second-order valence-electron chi connectivity index (χ2n) is 4.85. The van der Waals surface area contributed by atoms with Crippen LogP contribution in [0.2, 0.25) is 0 Å². The summed E-state index contributed by atoms with van der Waals surface area (Å²) in [7, 11) is 0. The van der Waals surface area contributed by atoms with Crippen molar-refractivity contribution in [2.75, 3.05) is 5.32 Å². The molecule has 0 fully saturated rings. The Hall–Kier alpha value is -2.26. The Morgan fingerprint density at radius 1 is 1.00 bits per heavy atom. The molecule has 3 aromatic rings. The number of nitrogens with zero attached hydrogens (tertiary/aromatic N) is 2. The van der Waals surface area contributed by atoms with Crippen molar-refractivity contribution in [3.63, 3.8) is 0 Å². The van der Waals surface area contributed by atoms with Gasteiger partial charge in [-0.2, -0.15) is 4.39 Å². The van der Waals surface area contributed by atoms with Gasteiger partial charge in [0.05, 0.1) is 10.2 Å². The number of benzene rings is 2. The van der Waals surface area contributed by atoms with Gasteiger partial charge in [-0.15, -0.1) is 17.0 Å². The Balaban J connectivity index is 0.00000225. The van der Waals surface area contributed by atoms with Crippen molar-refractivity contribution in [3.05, 3.63) is 58.7 Å². The highest BCUT2D eigenvalue weighted by Gasteiger charge is 2.12. The predicted octanol–water partition coefficient (Wildman–Crippen LogP) is 4.92. The van der Waals surface area contributed by atoms with Gasteiger partial charge >= 0.3 is 0 Å². The first kappa shape index (κ1) is 19.1. The van der Waals surface area contributed by atoms with Gasteiger partial charge in [0.2, 0.25) is 5.95 Å². The van der Waals surface area contributed by atoms with Gasteiger partial charge in [0, 0.05) is 23.5 Å². The maximum Gasteiger partial charge on any atom is 0.227 e. The normalized spacial score (nSPS) is 10.2. The number of hydrogen-bond acceptors (Lipinski definition) is 5. The third-order valence-electron chi connectivity index (χ3n) is 3.16. The van der Waals surface area contributed by atoms with E-state index in [1.165, 1.54) is 18.3 Å². The molecule has 0 aliphatic carbocycles. The predicted molar refractivity (Wildman–Crippen MR) is 98.5 cm³/mol. The lowest BCUT2D eigenvalue weighted by atomic mass is 10.1. The molecule has 3 rings (SSSR count). The minimum Gasteiger partial charge on any atom is -0.507 e. The number of anilines is 2. The van der Waals surface area contributed by atoms with Crippen LogP contribution in [-0.4, -0.2) is 20.2 Å². The monoisotopic (exact) mass is 473 g/mol. The highest BCUT2D eigenvalue weighted by atomic mass is 79.9. The summed E-state index contributed by atoms with van der Waals surface area (Å²) in [6.45, 7) is 0. The molecule has 0 spiro atoms. The average molecular weight is 475 g/mol. The molecule has 0 radical (unpaired) electrons. The molecule has 9 heteroatoms. The number of halogens is 4. The summed E-state index contributed by atoms with van der Waals surface area (Å²) >= 11 is 3.18. The molecule has 130 valence electrons. The van der Waals surface area contributed by atoms with Crippen LogP contribution in [0.25, 0.3) is 11.3 Å². The van der Waals surface area contributed by atoms with Gasteiger partial charge in [-0.1, -0.05) is 0 Å². The number of nitrogens with one attached hydrogen (secondary N) is 1. The van der Waals surface area contributed by atoms with Crippen molar-refractivity contribution < 1.29 is 19.0 Å². The van der Waals surface area contributed by atoms with Gasteiger partial charge in [0.25, 0.3) is 0 Å².